The summed E-state index contributed by atoms with van der Waals surface area (Å²) in [6.07, 6.45) is 29.8. The fourth-order valence-electron chi connectivity index (χ4n) is 3.66. The fraction of sp³-hybridized carbons (Fsp3) is 0.688. The average Bonchev–Trinajstić information content (AvgIpc) is 2.97. The second-order valence-electron chi connectivity index (χ2n) is 9.95. The van der Waals surface area contributed by atoms with Gasteiger partial charge in [0, 0.05) is 19.4 Å². The minimum absolute atomic E-state index is 0.0483. The number of esters is 2. The Kier molecular flexibility index (Phi) is 27.7. The zero-order chi connectivity index (χ0) is 31.2. The topological polar surface area (TPSA) is 134 Å². The maximum atomic E-state index is 12.3. The predicted molar refractivity (Wildman–Crippen MR) is 169 cm³/mol. The highest BCUT2D eigenvalue weighted by atomic mass is 31.2. The standard InChI is InChI=1S/C32H56NO8P/c1-3-5-7-8-9-10-11-12-13-14-15-16-17-18-19-20-21-22-23-25-32(35)41-30(28-38-31(34)24-6-4-2)29-40-42(36,37)39-27-26-33/h5,7,9-10,12-13,15-16,30H,3-4,6,8,11,14,17-29,33H2,1-2H3,(H,36,37)/b7-5-,10-9-,13-12-,16-15-. The average molecular weight is 614 g/mol. The summed E-state index contributed by atoms with van der Waals surface area (Å²) < 4.78 is 32.0. The fourth-order valence-corrected chi connectivity index (χ4v) is 4.42. The van der Waals surface area contributed by atoms with Gasteiger partial charge in [-0.1, -0.05) is 94.6 Å². The molecule has 2 atom stereocenters. The molecule has 0 saturated heterocycles. The van der Waals surface area contributed by atoms with E-state index in [-0.39, 0.29) is 32.6 Å². The van der Waals surface area contributed by atoms with Crippen molar-refractivity contribution in [3.8, 4) is 0 Å². The smallest absolute Gasteiger partial charge is 0.462 e. The number of hydrogen-bond donors (Lipinski definition) is 2. The Balaban J connectivity index is 4.08. The number of unbranched alkanes of at least 4 members (excludes halogenated alkanes) is 7. The predicted octanol–water partition coefficient (Wildman–Crippen LogP) is 7.65. The first kappa shape index (κ1) is 40.0. The van der Waals surface area contributed by atoms with Gasteiger partial charge in [0.1, 0.15) is 6.61 Å². The van der Waals surface area contributed by atoms with Crippen LogP contribution in [0.2, 0.25) is 0 Å². The van der Waals surface area contributed by atoms with Crippen LogP contribution >= 0.6 is 7.82 Å². The molecule has 0 spiro atoms. The Bertz CT molecular complexity index is 840. The van der Waals surface area contributed by atoms with Crippen molar-refractivity contribution in [2.24, 2.45) is 5.73 Å². The van der Waals surface area contributed by atoms with E-state index >= 15 is 0 Å². The molecule has 0 aliphatic rings. The molecule has 9 nitrogen and oxygen atoms in total. The first-order chi connectivity index (χ1) is 20.3. The highest BCUT2D eigenvalue weighted by Crippen LogP contribution is 2.43. The highest BCUT2D eigenvalue weighted by molar-refractivity contribution is 7.47. The van der Waals surface area contributed by atoms with Gasteiger partial charge in [-0.05, 0) is 51.4 Å². The zero-order valence-corrected chi connectivity index (χ0v) is 26.9. The number of hydrogen-bond acceptors (Lipinski definition) is 8. The van der Waals surface area contributed by atoms with E-state index in [0.29, 0.717) is 12.8 Å². The Morgan fingerprint density at radius 2 is 1.31 bits per heavy atom. The van der Waals surface area contributed by atoms with Crippen molar-refractivity contribution >= 4 is 19.8 Å². The summed E-state index contributed by atoms with van der Waals surface area (Å²) in [6.45, 7) is 3.29. The molecule has 0 aromatic rings. The molecule has 0 aromatic heterocycles. The van der Waals surface area contributed by atoms with Gasteiger partial charge in [0.15, 0.2) is 6.10 Å². The van der Waals surface area contributed by atoms with E-state index in [1.165, 1.54) is 0 Å². The first-order valence-corrected chi connectivity index (χ1v) is 17.1. The van der Waals surface area contributed by atoms with Gasteiger partial charge in [-0.25, -0.2) is 4.57 Å². The molecule has 42 heavy (non-hydrogen) atoms. The minimum Gasteiger partial charge on any atom is -0.462 e. The van der Waals surface area contributed by atoms with Crippen LogP contribution in [0.3, 0.4) is 0 Å². The van der Waals surface area contributed by atoms with Gasteiger partial charge >= 0.3 is 19.8 Å². The van der Waals surface area contributed by atoms with Gasteiger partial charge < -0.3 is 20.1 Å². The third kappa shape index (κ3) is 28.1. The Hall–Kier alpha value is -2.03. The number of ether oxygens (including phenoxy) is 2. The monoisotopic (exact) mass is 613 g/mol. The lowest BCUT2D eigenvalue weighted by Crippen LogP contribution is -2.29. The summed E-state index contributed by atoms with van der Waals surface area (Å²) in [4.78, 5) is 33.9. The third-order valence-corrected chi connectivity index (χ3v) is 6.96. The maximum Gasteiger partial charge on any atom is 0.472 e. The summed E-state index contributed by atoms with van der Waals surface area (Å²) in [5, 5.41) is 0. The Morgan fingerprint density at radius 3 is 1.93 bits per heavy atom. The van der Waals surface area contributed by atoms with Crippen LogP contribution < -0.4 is 5.73 Å². The van der Waals surface area contributed by atoms with Crippen LogP contribution in [0.5, 0.6) is 0 Å². The summed E-state index contributed by atoms with van der Waals surface area (Å²) in [6, 6.07) is 0. The molecule has 0 aliphatic carbocycles. The number of carbonyl (C=O) groups is 2. The SMILES string of the molecule is CC/C=C\C/C=C\C/C=C\C/C=C\CCCCCCCCC(=O)OC(COC(=O)CCCC)COP(=O)(O)OCCN. The second-order valence-corrected chi connectivity index (χ2v) is 11.4. The van der Waals surface area contributed by atoms with E-state index < -0.39 is 32.5 Å². The van der Waals surface area contributed by atoms with Crippen molar-refractivity contribution < 1.29 is 37.6 Å². The van der Waals surface area contributed by atoms with Gasteiger partial charge in [-0.2, -0.15) is 0 Å². The molecule has 0 aliphatic heterocycles. The molecule has 0 bridgehead atoms. The third-order valence-electron chi connectivity index (χ3n) is 5.98. The van der Waals surface area contributed by atoms with Crippen LogP contribution in [0.4, 0.5) is 0 Å². The van der Waals surface area contributed by atoms with Gasteiger partial charge in [0.2, 0.25) is 0 Å². The van der Waals surface area contributed by atoms with Crippen molar-refractivity contribution in [3.05, 3.63) is 48.6 Å². The van der Waals surface area contributed by atoms with E-state index in [1.807, 2.05) is 6.92 Å². The Labute approximate surface area is 254 Å². The summed E-state index contributed by atoms with van der Waals surface area (Å²) in [7, 11) is -4.35. The second kappa shape index (κ2) is 29.1. The molecule has 0 heterocycles. The molecule has 0 fully saturated rings. The van der Waals surface area contributed by atoms with Crippen LogP contribution in [-0.4, -0.2) is 49.3 Å². The molecule has 242 valence electrons. The normalized spacial score (nSPS) is 14.3. The van der Waals surface area contributed by atoms with E-state index in [4.69, 9.17) is 24.3 Å². The summed E-state index contributed by atoms with van der Waals surface area (Å²) >= 11 is 0. The highest BCUT2D eigenvalue weighted by Gasteiger charge is 2.25. The molecule has 2 unspecified atom stereocenters. The Morgan fingerprint density at radius 1 is 0.738 bits per heavy atom. The van der Waals surface area contributed by atoms with Crippen molar-refractivity contribution in [2.75, 3.05) is 26.4 Å². The van der Waals surface area contributed by atoms with E-state index in [1.54, 1.807) is 0 Å². The molecular weight excluding hydrogens is 557 g/mol. The molecule has 0 rings (SSSR count). The maximum absolute atomic E-state index is 12.3. The lowest BCUT2D eigenvalue weighted by atomic mass is 10.1. The zero-order valence-electron chi connectivity index (χ0n) is 26.0. The summed E-state index contributed by atoms with van der Waals surface area (Å²) in [5.41, 5.74) is 5.27. The molecule has 0 aromatic carbocycles. The first-order valence-electron chi connectivity index (χ1n) is 15.6. The van der Waals surface area contributed by atoms with E-state index in [9.17, 15) is 19.0 Å². The van der Waals surface area contributed by atoms with Crippen molar-refractivity contribution in [3.63, 3.8) is 0 Å². The number of allylic oxidation sites excluding steroid dienone is 8. The summed E-state index contributed by atoms with van der Waals surface area (Å²) in [5.74, 6) is -0.894. The van der Waals surface area contributed by atoms with Gasteiger partial charge in [0.25, 0.3) is 0 Å². The van der Waals surface area contributed by atoms with E-state index in [0.717, 1.165) is 70.6 Å². The largest absolute Gasteiger partial charge is 0.472 e. The molecule has 10 heteroatoms. The molecule has 0 radical (unpaired) electrons. The van der Waals surface area contributed by atoms with Gasteiger partial charge in [-0.15, -0.1) is 0 Å². The van der Waals surface area contributed by atoms with Gasteiger partial charge in [0.05, 0.1) is 13.2 Å². The molecule has 0 saturated carbocycles. The van der Waals surface area contributed by atoms with Crippen molar-refractivity contribution in [1.82, 2.24) is 0 Å². The number of nitrogens with two attached hydrogens (primary N) is 1. The quantitative estimate of drug-likeness (QED) is 0.0395. The van der Waals surface area contributed by atoms with Crippen molar-refractivity contribution in [1.29, 1.82) is 0 Å². The van der Waals surface area contributed by atoms with Crippen LogP contribution in [-0.2, 0) is 32.7 Å². The lowest BCUT2D eigenvalue weighted by Gasteiger charge is -2.19. The number of phosphoric acid groups is 1. The van der Waals surface area contributed by atoms with Crippen molar-refractivity contribution in [2.45, 2.75) is 116 Å². The molecule has 3 N–H and O–H groups in total. The molecular formula is C32H56NO8P. The van der Waals surface area contributed by atoms with Gasteiger partial charge in [-0.3, -0.25) is 18.6 Å². The number of carbonyl (C=O) groups excluding carboxylic acids is 2. The van der Waals surface area contributed by atoms with Crippen LogP contribution in [0, 0.1) is 0 Å². The van der Waals surface area contributed by atoms with Crippen LogP contribution in [0.15, 0.2) is 48.6 Å². The van der Waals surface area contributed by atoms with Crippen LogP contribution in [0.25, 0.3) is 0 Å². The van der Waals surface area contributed by atoms with E-state index in [2.05, 4.69) is 55.5 Å². The lowest BCUT2D eigenvalue weighted by molar-refractivity contribution is -0.161. The molecule has 0 amide bonds. The number of rotatable bonds is 28. The minimum atomic E-state index is -4.35. The van der Waals surface area contributed by atoms with Crippen LogP contribution in [0.1, 0.15) is 110 Å². The number of phosphoric ester groups is 1.